The number of hydrogen-bond donors (Lipinski definition) is 2. The standard InChI is InChI=1S/C22H25FN2O3/c23-19-10-12-20(13-11-19)25-21(26)18-8-6-16(7-9-18)14-24-22(27)28-15-17-4-2-1-3-5-17/h1-5,10-13,16,18H,6-9,14-15H2,(H,24,27)(H,25,26). The lowest BCUT2D eigenvalue weighted by Gasteiger charge is -2.27. The van der Waals surface area contributed by atoms with E-state index in [4.69, 9.17) is 4.74 Å². The predicted octanol–water partition coefficient (Wildman–Crippen LogP) is 4.50. The number of amides is 2. The van der Waals surface area contributed by atoms with Crippen LogP contribution in [0.5, 0.6) is 0 Å². The Kier molecular flexibility index (Phi) is 7.00. The predicted molar refractivity (Wildman–Crippen MR) is 105 cm³/mol. The highest BCUT2D eigenvalue weighted by Gasteiger charge is 2.26. The number of rotatable bonds is 6. The number of ether oxygens (including phenoxy) is 1. The summed E-state index contributed by atoms with van der Waals surface area (Å²) in [4.78, 5) is 24.2. The first-order chi connectivity index (χ1) is 13.6. The van der Waals surface area contributed by atoms with Crippen molar-refractivity contribution in [2.75, 3.05) is 11.9 Å². The van der Waals surface area contributed by atoms with Crippen LogP contribution in [-0.4, -0.2) is 18.5 Å². The van der Waals surface area contributed by atoms with Crippen molar-refractivity contribution in [3.8, 4) is 0 Å². The lowest BCUT2D eigenvalue weighted by atomic mass is 9.81. The van der Waals surface area contributed by atoms with Gasteiger partial charge in [-0.2, -0.15) is 0 Å². The van der Waals surface area contributed by atoms with Crippen LogP contribution in [0.2, 0.25) is 0 Å². The van der Waals surface area contributed by atoms with Gasteiger partial charge in [0.05, 0.1) is 0 Å². The highest BCUT2D eigenvalue weighted by atomic mass is 19.1. The van der Waals surface area contributed by atoms with E-state index in [0.29, 0.717) is 18.2 Å². The highest BCUT2D eigenvalue weighted by molar-refractivity contribution is 5.92. The molecule has 0 aromatic heterocycles. The van der Waals surface area contributed by atoms with Crippen LogP contribution in [0.25, 0.3) is 0 Å². The molecular formula is C22H25FN2O3. The van der Waals surface area contributed by atoms with Crippen molar-refractivity contribution in [3.63, 3.8) is 0 Å². The Labute approximate surface area is 164 Å². The van der Waals surface area contributed by atoms with Crippen molar-refractivity contribution in [1.82, 2.24) is 5.32 Å². The van der Waals surface area contributed by atoms with Crippen LogP contribution in [-0.2, 0) is 16.1 Å². The van der Waals surface area contributed by atoms with Crippen molar-refractivity contribution in [3.05, 3.63) is 66.0 Å². The first-order valence-corrected chi connectivity index (χ1v) is 9.61. The molecule has 1 aliphatic rings. The monoisotopic (exact) mass is 384 g/mol. The number of benzene rings is 2. The fourth-order valence-electron chi connectivity index (χ4n) is 3.41. The molecule has 0 unspecified atom stereocenters. The van der Waals surface area contributed by atoms with Crippen molar-refractivity contribution in [1.29, 1.82) is 0 Å². The average Bonchev–Trinajstić information content (AvgIpc) is 2.73. The van der Waals surface area contributed by atoms with Crippen LogP contribution in [0.1, 0.15) is 31.2 Å². The quantitative estimate of drug-likeness (QED) is 0.771. The third-order valence-electron chi connectivity index (χ3n) is 5.08. The molecule has 0 spiro atoms. The molecule has 1 fully saturated rings. The van der Waals surface area contributed by atoms with Gasteiger partial charge in [0.2, 0.25) is 5.91 Å². The zero-order chi connectivity index (χ0) is 19.8. The lowest BCUT2D eigenvalue weighted by Crippen LogP contribution is -2.33. The normalized spacial score (nSPS) is 18.9. The minimum Gasteiger partial charge on any atom is -0.445 e. The maximum absolute atomic E-state index is 12.9. The van der Waals surface area contributed by atoms with Gasteiger partial charge in [-0.1, -0.05) is 30.3 Å². The van der Waals surface area contributed by atoms with Crippen molar-refractivity contribution >= 4 is 17.7 Å². The van der Waals surface area contributed by atoms with E-state index in [9.17, 15) is 14.0 Å². The van der Waals surface area contributed by atoms with Crippen LogP contribution in [0, 0.1) is 17.7 Å². The van der Waals surface area contributed by atoms with Gasteiger partial charge in [0, 0.05) is 18.2 Å². The molecule has 6 heteroatoms. The average molecular weight is 384 g/mol. The van der Waals surface area contributed by atoms with Crippen LogP contribution in [0.4, 0.5) is 14.9 Å². The van der Waals surface area contributed by atoms with E-state index < -0.39 is 6.09 Å². The Bertz CT molecular complexity index is 772. The minimum atomic E-state index is -0.417. The van der Waals surface area contributed by atoms with Gasteiger partial charge in [-0.25, -0.2) is 9.18 Å². The summed E-state index contributed by atoms with van der Waals surface area (Å²) in [5.74, 6) is -0.0564. The minimum absolute atomic E-state index is 0.0275. The molecule has 1 saturated carbocycles. The molecule has 2 aromatic rings. The second-order valence-electron chi connectivity index (χ2n) is 7.16. The second-order valence-corrected chi connectivity index (χ2v) is 7.16. The van der Waals surface area contributed by atoms with Gasteiger partial charge in [-0.15, -0.1) is 0 Å². The fraction of sp³-hybridized carbons (Fsp3) is 0.364. The number of halogens is 1. The molecule has 2 aromatic carbocycles. The molecule has 0 saturated heterocycles. The third-order valence-corrected chi connectivity index (χ3v) is 5.08. The zero-order valence-electron chi connectivity index (χ0n) is 15.7. The van der Waals surface area contributed by atoms with Crippen LogP contribution < -0.4 is 10.6 Å². The van der Waals surface area contributed by atoms with E-state index in [0.717, 1.165) is 31.2 Å². The molecule has 1 aliphatic carbocycles. The molecule has 3 rings (SSSR count). The Morgan fingerprint density at radius 2 is 1.64 bits per heavy atom. The molecule has 0 bridgehead atoms. The van der Waals surface area contributed by atoms with E-state index in [-0.39, 0.29) is 24.2 Å². The maximum atomic E-state index is 12.9. The molecular weight excluding hydrogens is 359 g/mol. The van der Waals surface area contributed by atoms with E-state index >= 15 is 0 Å². The third kappa shape index (κ3) is 6.08. The van der Waals surface area contributed by atoms with Gasteiger partial charge in [0.1, 0.15) is 12.4 Å². The SMILES string of the molecule is O=C(NCC1CCC(C(=O)Nc2ccc(F)cc2)CC1)OCc1ccccc1. The molecule has 2 N–H and O–H groups in total. The number of hydrogen-bond acceptors (Lipinski definition) is 3. The van der Waals surface area contributed by atoms with E-state index in [1.807, 2.05) is 30.3 Å². The van der Waals surface area contributed by atoms with Gasteiger partial charge in [-0.05, 0) is 61.4 Å². The summed E-state index contributed by atoms with van der Waals surface area (Å²) in [6.07, 6.45) is 2.89. The lowest BCUT2D eigenvalue weighted by molar-refractivity contribution is -0.121. The number of nitrogens with one attached hydrogen (secondary N) is 2. The summed E-state index contributed by atoms with van der Waals surface area (Å²) in [6, 6.07) is 15.3. The Balaban J connectivity index is 1.34. The molecule has 5 nitrogen and oxygen atoms in total. The smallest absolute Gasteiger partial charge is 0.407 e. The Morgan fingerprint density at radius 3 is 2.32 bits per heavy atom. The topological polar surface area (TPSA) is 67.4 Å². The summed E-state index contributed by atoms with van der Waals surface area (Å²) in [5.41, 5.74) is 1.56. The van der Waals surface area contributed by atoms with E-state index in [2.05, 4.69) is 10.6 Å². The van der Waals surface area contributed by atoms with Crippen LogP contribution in [0.3, 0.4) is 0 Å². The number of carbonyl (C=O) groups is 2. The van der Waals surface area contributed by atoms with Crippen molar-refractivity contribution in [2.45, 2.75) is 32.3 Å². The molecule has 2 amide bonds. The summed E-state index contributed by atoms with van der Waals surface area (Å²) in [7, 11) is 0. The van der Waals surface area contributed by atoms with Gasteiger partial charge >= 0.3 is 6.09 Å². The summed E-state index contributed by atoms with van der Waals surface area (Å²) < 4.78 is 18.1. The first-order valence-electron chi connectivity index (χ1n) is 9.61. The van der Waals surface area contributed by atoms with Crippen molar-refractivity contribution in [2.24, 2.45) is 11.8 Å². The molecule has 0 heterocycles. The summed E-state index contributed by atoms with van der Waals surface area (Å²) in [6.45, 7) is 0.808. The Hall–Kier alpha value is -2.89. The molecule has 0 radical (unpaired) electrons. The highest BCUT2D eigenvalue weighted by Crippen LogP contribution is 2.29. The molecule has 0 aliphatic heterocycles. The maximum Gasteiger partial charge on any atom is 0.407 e. The van der Waals surface area contributed by atoms with Gasteiger partial charge in [0.15, 0.2) is 0 Å². The summed E-state index contributed by atoms with van der Waals surface area (Å²) >= 11 is 0. The summed E-state index contributed by atoms with van der Waals surface area (Å²) in [5, 5.41) is 5.66. The zero-order valence-corrected chi connectivity index (χ0v) is 15.7. The molecule has 148 valence electrons. The van der Waals surface area contributed by atoms with Crippen molar-refractivity contribution < 1.29 is 18.7 Å². The van der Waals surface area contributed by atoms with Gasteiger partial charge < -0.3 is 15.4 Å². The fourth-order valence-corrected chi connectivity index (χ4v) is 3.41. The van der Waals surface area contributed by atoms with Crippen LogP contribution >= 0.6 is 0 Å². The number of carbonyl (C=O) groups excluding carboxylic acids is 2. The van der Waals surface area contributed by atoms with Crippen LogP contribution in [0.15, 0.2) is 54.6 Å². The van der Waals surface area contributed by atoms with E-state index in [1.54, 1.807) is 12.1 Å². The van der Waals surface area contributed by atoms with E-state index in [1.165, 1.54) is 12.1 Å². The number of alkyl carbamates (subject to hydrolysis) is 1. The molecule has 0 atom stereocenters. The van der Waals surface area contributed by atoms with Gasteiger partial charge in [-0.3, -0.25) is 4.79 Å². The largest absolute Gasteiger partial charge is 0.445 e. The van der Waals surface area contributed by atoms with Gasteiger partial charge in [0.25, 0.3) is 0 Å². The second kappa shape index (κ2) is 9.88. The Morgan fingerprint density at radius 1 is 0.964 bits per heavy atom. The molecule has 28 heavy (non-hydrogen) atoms. The first kappa shape index (κ1) is 19.9. The number of anilines is 1.